The second-order valence-corrected chi connectivity index (χ2v) is 4.25. The van der Waals surface area contributed by atoms with E-state index in [9.17, 15) is 4.39 Å². The summed E-state index contributed by atoms with van der Waals surface area (Å²) < 4.78 is 24.6. The predicted molar refractivity (Wildman–Crippen MR) is 79.7 cm³/mol. The second kappa shape index (κ2) is 7.32. The first-order chi connectivity index (χ1) is 10.2. The molecule has 2 N–H and O–H groups in total. The van der Waals surface area contributed by atoms with Gasteiger partial charge < -0.3 is 15.2 Å². The zero-order valence-electron chi connectivity index (χ0n) is 11.7. The number of para-hydroxylation sites is 1. The lowest BCUT2D eigenvalue weighted by Gasteiger charge is -2.10. The Hall–Kier alpha value is -2.51. The number of halogens is 1. The van der Waals surface area contributed by atoms with Crippen LogP contribution in [0.4, 0.5) is 4.39 Å². The van der Waals surface area contributed by atoms with Crippen molar-refractivity contribution in [2.75, 3.05) is 13.7 Å². The highest BCUT2D eigenvalue weighted by Gasteiger charge is 2.05. The van der Waals surface area contributed by atoms with E-state index in [1.54, 1.807) is 19.2 Å². The summed E-state index contributed by atoms with van der Waals surface area (Å²) in [6.07, 6.45) is 0. The van der Waals surface area contributed by atoms with Crippen LogP contribution < -0.4 is 15.2 Å². The van der Waals surface area contributed by atoms with Crippen LogP contribution in [0.1, 0.15) is 11.1 Å². The third-order valence-electron chi connectivity index (χ3n) is 2.85. The Labute approximate surface area is 123 Å². The van der Waals surface area contributed by atoms with Gasteiger partial charge in [-0.1, -0.05) is 30.0 Å². The van der Waals surface area contributed by atoms with Crippen molar-refractivity contribution < 1.29 is 13.9 Å². The molecule has 2 rings (SSSR count). The van der Waals surface area contributed by atoms with E-state index >= 15 is 0 Å². The molecule has 0 amide bonds. The van der Waals surface area contributed by atoms with Gasteiger partial charge in [0.2, 0.25) is 0 Å². The minimum Gasteiger partial charge on any atom is -0.496 e. The number of benzene rings is 2. The Bertz CT molecular complexity index is 674. The lowest BCUT2D eigenvalue weighted by molar-refractivity contribution is 0.295. The molecule has 0 aliphatic rings. The fourth-order valence-electron chi connectivity index (χ4n) is 1.82. The zero-order chi connectivity index (χ0) is 15.1. The topological polar surface area (TPSA) is 44.5 Å². The molecule has 108 valence electrons. The number of nitrogens with two attached hydrogens (primary N) is 1. The monoisotopic (exact) mass is 285 g/mol. The summed E-state index contributed by atoms with van der Waals surface area (Å²) in [4.78, 5) is 0. The molecule has 0 aliphatic heterocycles. The molecule has 2 aromatic carbocycles. The van der Waals surface area contributed by atoms with Gasteiger partial charge >= 0.3 is 0 Å². The van der Waals surface area contributed by atoms with Crippen molar-refractivity contribution in [2.45, 2.75) is 6.61 Å². The fraction of sp³-hybridized carbons (Fsp3) is 0.176. The van der Waals surface area contributed by atoms with Gasteiger partial charge in [-0.3, -0.25) is 0 Å². The predicted octanol–water partition coefficient (Wildman–Crippen LogP) is 2.72. The summed E-state index contributed by atoms with van der Waals surface area (Å²) in [5, 5.41) is 0. The molecular formula is C17H16FNO2. The highest BCUT2D eigenvalue weighted by atomic mass is 19.1. The van der Waals surface area contributed by atoms with Gasteiger partial charge in [0, 0.05) is 11.6 Å². The number of ether oxygens (including phenoxy) is 2. The number of methoxy groups -OCH3 is 1. The van der Waals surface area contributed by atoms with Crippen molar-refractivity contribution in [2.24, 2.45) is 5.73 Å². The maximum atomic E-state index is 13.8. The van der Waals surface area contributed by atoms with Crippen LogP contribution in [0, 0.1) is 17.7 Å². The Morgan fingerprint density at radius 3 is 2.71 bits per heavy atom. The van der Waals surface area contributed by atoms with E-state index in [4.69, 9.17) is 15.2 Å². The van der Waals surface area contributed by atoms with E-state index in [2.05, 4.69) is 11.8 Å². The van der Waals surface area contributed by atoms with Gasteiger partial charge in [-0.2, -0.15) is 0 Å². The van der Waals surface area contributed by atoms with Crippen molar-refractivity contribution in [1.29, 1.82) is 0 Å². The minimum atomic E-state index is -0.423. The van der Waals surface area contributed by atoms with E-state index in [0.717, 1.165) is 11.3 Å². The Morgan fingerprint density at radius 1 is 1.19 bits per heavy atom. The van der Waals surface area contributed by atoms with Crippen LogP contribution >= 0.6 is 0 Å². The van der Waals surface area contributed by atoms with Gasteiger partial charge in [-0.15, -0.1) is 0 Å². The fourth-order valence-corrected chi connectivity index (χ4v) is 1.82. The van der Waals surface area contributed by atoms with E-state index in [0.29, 0.717) is 17.9 Å². The summed E-state index contributed by atoms with van der Waals surface area (Å²) in [5.41, 5.74) is 6.47. The smallest absolute Gasteiger partial charge is 0.142 e. The average molecular weight is 285 g/mol. The molecule has 2 aromatic rings. The van der Waals surface area contributed by atoms with Crippen LogP contribution in [-0.4, -0.2) is 13.7 Å². The first kappa shape index (κ1) is 14.9. The molecular weight excluding hydrogens is 269 g/mol. The molecule has 0 spiro atoms. The molecule has 0 aromatic heterocycles. The summed E-state index contributed by atoms with van der Waals surface area (Å²) in [5.74, 6) is 6.04. The van der Waals surface area contributed by atoms with Crippen LogP contribution in [0.3, 0.4) is 0 Å². The van der Waals surface area contributed by atoms with E-state index in [1.165, 1.54) is 6.07 Å². The van der Waals surface area contributed by atoms with Gasteiger partial charge in [-0.05, 0) is 18.2 Å². The molecule has 0 saturated carbocycles. The number of hydrogen-bond acceptors (Lipinski definition) is 3. The Balaban J connectivity index is 2.08. The zero-order valence-corrected chi connectivity index (χ0v) is 11.7. The number of hydrogen-bond donors (Lipinski definition) is 1. The first-order valence-electron chi connectivity index (χ1n) is 6.47. The molecule has 0 heterocycles. The highest BCUT2D eigenvalue weighted by molar-refractivity contribution is 5.40. The molecule has 0 fully saturated rings. The van der Waals surface area contributed by atoms with Crippen LogP contribution in [-0.2, 0) is 6.61 Å². The van der Waals surface area contributed by atoms with E-state index in [1.807, 2.05) is 24.3 Å². The maximum Gasteiger partial charge on any atom is 0.142 e. The van der Waals surface area contributed by atoms with Crippen molar-refractivity contribution in [1.82, 2.24) is 0 Å². The standard InChI is InChI=1S/C17H16FNO2/c1-20-17-7-3-2-5-14(17)12-21-15-9-8-13(6-4-10-19)16(18)11-15/h2-3,5,7-9,11H,10,12,19H2,1H3. The van der Waals surface area contributed by atoms with Gasteiger partial charge in [0.25, 0.3) is 0 Å². The molecule has 0 saturated heterocycles. The average Bonchev–Trinajstić information content (AvgIpc) is 2.52. The molecule has 0 radical (unpaired) electrons. The summed E-state index contributed by atoms with van der Waals surface area (Å²) >= 11 is 0. The lowest BCUT2D eigenvalue weighted by atomic mass is 10.2. The van der Waals surface area contributed by atoms with Crippen molar-refractivity contribution in [3.8, 4) is 23.3 Å². The van der Waals surface area contributed by atoms with E-state index < -0.39 is 5.82 Å². The van der Waals surface area contributed by atoms with Gasteiger partial charge in [0.1, 0.15) is 23.9 Å². The maximum absolute atomic E-state index is 13.8. The van der Waals surface area contributed by atoms with Crippen molar-refractivity contribution in [3.05, 3.63) is 59.4 Å². The molecule has 0 bridgehead atoms. The summed E-state index contributed by atoms with van der Waals surface area (Å²) in [7, 11) is 1.60. The minimum absolute atomic E-state index is 0.200. The third-order valence-corrected chi connectivity index (χ3v) is 2.85. The molecule has 3 nitrogen and oxygen atoms in total. The van der Waals surface area contributed by atoms with Crippen LogP contribution in [0.5, 0.6) is 11.5 Å². The normalized spacial score (nSPS) is 9.67. The third kappa shape index (κ3) is 3.98. The van der Waals surface area contributed by atoms with Crippen LogP contribution in [0.15, 0.2) is 42.5 Å². The molecule has 0 unspecified atom stereocenters. The quantitative estimate of drug-likeness (QED) is 0.878. The molecule has 0 atom stereocenters. The lowest BCUT2D eigenvalue weighted by Crippen LogP contribution is -1.99. The molecule has 21 heavy (non-hydrogen) atoms. The summed E-state index contributed by atoms with van der Waals surface area (Å²) in [6.45, 7) is 0.503. The Kier molecular flexibility index (Phi) is 5.19. The van der Waals surface area contributed by atoms with Crippen molar-refractivity contribution >= 4 is 0 Å². The van der Waals surface area contributed by atoms with Gasteiger partial charge in [-0.25, -0.2) is 4.39 Å². The van der Waals surface area contributed by atoms with E-state index in [-0.39, 0.29) is 6.54 Å². The highest BCUT2D eigenvalue weighted by Crippen LogP contribution is 2.21. The summed E-state index contributed by atoms with van der Waals surface area (Å²) in [6, 6.07) is 12.1. The van der Waals surface area contributed by atoms with Crippen LogP contribution in [0.2, 0.25) is 0 Å². The molecule has 4 heteroatoms. The van der Waals surface area contributed by atoms with Crippen LogP contribution in [0.25, 0.3) is 0 Å². The van der Waals surface area contributed by atoms with Gasteiger partial charge in [0.15, 0.2) is 0 Å². The largest absolute Gasteiger partial charge is 0.496 e. The van der Waals surface area contributed by atoms with Crippen molar-refractivity contribution in [3.63, 3.8) is 0 Å². The first-order valence-corrected chi connectivity index (χ1v) is 6.47. The number of rotatable bonds is 4. The SMILES string of the molecule is COc1ccccc1COc1ccc(C#CCN)c(F)c1. The Morgan fingerprint density at radius 2 is 2.00 bits per heavy atom. The molecule has 0 aliphatic carbocycles. The second-order valence-electron chi connectivity index (χ2n) is 4.25. The van der Waals surface area contributed by atoms with Gasteiger partial charge in [0.05, 0.1) is 19.2 Å².